The third-order valence-electron chi connectivity index (χ3n) is 6.31. The molecule has 158 valence electrons. The van der Waals surface area contributed by atoms with E-state index in [1.54, 1.807) is 17.3 Å². The van der Waals surface area contributed by atoms with E-state index in [0.717, 1.165) is 36.8 Å². The van der Waals surface area contributed by atoms with Gasteiger partial charge in [0.25, 0.3) is 5.91 Å². The number of nitrogens with zero attached hydrogens (tertiary/aromatic N) is 2. The summed E-state index contributed by atoms with van der Waals surface area (Å²) in [5.74, 6) is 0.150. The predicted octanol–water partition coefficient (Wildman–Crippen LogP) is 3.45. The fourth-order valence-corrected chi connectivity index (χ4v) is 4.76. The van der Waals surface area contributed by atoms with Crippen LogP contribution in [0, 0.1) is 12.8 Å². The van der Waals surface area contributed by atoms with Crippen LogP contribution in [0.1, 0.15) is 54.1 Å². The maximum Gasteiger partial charge on any atom is 0.257 e. The molecule has 6 heteroatoms. The first-order valence-electron chi connectivity index (χ1n) is 10.7. The lowest BCUT2D eigenvalue weighted by molar-refractivity contribution is -0.128. The number of amides is 2. The highest BCUT2D eigenvalue weighted by Gasteiger charge is 2.54. The third kappa shape index (κ3) is 3.97. The average molecular weight is 408 g/mol. The zero-order valence-electron chi connectivity index (χ0n) is 17.6. The summed E-state index contributed by atoms with van der Waals surface area (Å²) in [6.45, 7) is 4.75. The SMILES string of the molecule is Cc1ccccc1C(=O)N1[C@H](C(=O)NCc2ccncc2)CO[C@]12CCC[C@@H](C)C2. The highest BCUT2D eigenvalue weighted by Crippen LogP contribution is 2.43. The molecule has 4 rings (SSSR count). The van der Waals surface area contributed by atoms with E-state index in [0.29, 0.717) is 18.0 Å². The number of hydrogen-bond donors (Lipinski definition) is 1. The smallest absolute Gasteiger partial charge is 0.257 e. The number of hydrogen-bond acceptors (Lipinski definition) is 4. The van der Waals surface area contributed by atoms with Gasteiger partial charge in [0.2, 0.25) is 5.91 Å². The molecule has 0 radical (unpaired) electrons. The van der Waals surface area contributed by atoms with Crippen molar-refractivity contribution in [3.63, 3.8) is 0 Å². The highest BCUT2D eigenvalue weighted by molar-refractivity contribution is 5.99. The number of carbonyl (C=O) groups is 2. The Morgan fingerprint density at radius 2 is 2.00 bits per heavy atom. The Morgan fingerprint density at radius 3 is 2.73 bits per heavy atom. The van der Waals surface area contributed by atoms with Crippen molar-refractivity contribution in [1.29, 1.82) is 0 Å². The lowest BCUT2D eigenvalue weighted by Crippen LogP contribution is -2.57. The fourth-order valence-electron chi connectivity index (χ4n) is 4.76. The minimum Gasteiger partial charge on any atom is -0.353 e. The summed E-state index contributed by atoms with van der Waals surface area (Å²) in [5, 5.41) is 2.98. The van der Waals surface area contributed by atoms with E-state index in [4.69, 9.17) is 4.74 Å². The van der Waals surface area contributed by atoms with Crippen LogP contribution < -0.4 is 5.32 Å². The molecule has 2 aliphatic rings. The highest BCUT2D eigenvalue weighted by atomic mass is 16.5. The molecule has 1 saturated carbocycles. The topological polar surface area (TPSA) is 71.5 Å². The summed E-state index contributed by atoms with van der Waals surface area (Å²) in [6, 6.07) is 10.7. The van der Waals surface area contributed by atoms with E-state index >= 15 is 0 Å². The monoisotopic (exact) mass is 407 g/mol. The molecule has 2 aromatic rings. The molecule has 1 aromatic heterocycles. The molecule has 2 amide bonds. The molecule has 6 nitrogen and oxygen atoms in total. The second kappa shape index (κ2) is 8.56. The summed E-state index contributed by atoms with van der Waals surface area (Å²) in [6.07, 6.45) is 7.04. The zero-order valence-corrected chi connectivity index (χ0v) is 17.6. The van der Waals surface area contributed by atoms with Crippen LogP contribution in [0.3, 0.4) is 0 Å². The van der Waals surface area contributed by atoms with E-state index in [1.165, 1.54) is 0 Å². The Hall–Kier alpha value is -2.73. The van der Waals surface area contributed by atoms with Gasteiger partial charge < -0.3 is 10.1 Å². The lowest BCUT2D eigenvalue weighted by Gasteiger charge is -2.43. The summed E-state index contributed by atoms with van der Waals surface area (Å²) in [7, 11) is 0. The van der Waals surface area contributed by atoms with Crippen molar-refractivity contribution in [2.24, 2.45) is 5.92 Å². The largest absolute Gasteiger partial charge is 0.353 e. The summed E-state index contributed by atoms with van der Waals surface area (Å²) < 4.78 is 6.27. The molecule has 1 saturated heterocycles. The molecule has 1 aromatic carbocycles. The van der Waals surface area contributed by atoms with Crippen molar-refractivity contribution in [1.82, 2.24) is 15.2 Å². The van der Waals surface area contributed by atoms with Gasteiger partial charge >= 0.3 is 0 Å². The van der Waals surface area contributed by atoms with Crippen LogP contribution in [0.5, 0.6) is 0 Å². The van der Waals surface area contributed by atoms with Crippen LogP contribution in [0.4, 0.5) is 0 Å². The van der Waals surface area contributed by atoms with E-state index < -0.39 is 11.8 Å². The Balaban J connectivity index is 1.61. The molecular weight excluding hydrogens is 378 g/mol. The van der Waals surface area contributed by atoms with Gasteiger partial charge in [0.05, 0.1) is 6.61 Å². The van der Waals surface area contributed by atoms with Gasteiger partial charge in [0, 0.05) is 24.5 Å². The van der Waals surface area contributed by atoms with E-state index in [-0.39, 0.29) is 18.4 Å². The number of ether oxygens (including phenoxy) is 1. The van der Waals surface area contributed by atoms with E-state index in [1.807, 2.05) is 43.3 Å². The number of nitrogens with one attached hydrogen (secondary N) is 1. The quantitative estimate of drug-likeness (QED) is 0.843. The van der Waals surface area contributed by atoms with E-state index in [2.05, 4.69) is 17.2 Å². The standard InChI is InChI=1S/C24H29N3O3/c1-17-6-5-11-24(14-17)27(23(29)20-8-4-3-7-18(20)2)21(16-30-24)22(28)26-15-19-9-12-25-13-10-19/h3-4,7-10,12-13,17,21H,5-6,11,14-16H2,1-2H3,(H,26,28)/t17-,21+,24+/m1/s1. The van der Waals surface area contributed by atoms with Crippen molar-refractivity contribution in [2.45, 2.75) is 57.8 Å². The van der Waals surface area contributed by atoms with Crippen molar-refractivity contribution in [2.75, 3.05) is 6.61 Å². The zero-order chi connectivity index (χ0) is 21.1. The van der Waals surface area contributed by atoms with Crippen LogP contribution in [-0.2, 0) is 16.1 Å². The average Bonchev–Trinajstić information content (AvgIpc) is 3.10. The van der Waals surface area contributed by atoms with Gasteiger partial charge in [-0.05, 0) is 61.4 Å². The molecule has 2 heterocycles. The number of carbonyl (C=O) groups excluding carboxylic acids is 2. The molecule has 1 aliphatic carbocycles. The van der Waals surface area contributed by atoms with Crippen molar-refractivity contribution < 1.29 is 14.3 Å². The first-order chi connectivity index (χ1) is 14.5. The molecular formula is C24H29N3O3. The molecule has 3 atom stereocenters. The number of pyridine rings is 1. The maximum atomic E-state index is 13.7. The molecule has 30 heavy (non-hydrogen) atoms. The maximum absolute atomic E-state index is 13.7. The lowest BCUT2D eigenvalue weighted by atomic mass is 9.82. The molecule has 0 unspecified atom stereocenters. The fraction of sp³-hybridized carbons (Fsp3) is 0.458. The Kier molecular flexibility index (Phi) is 5.86. The second-order valence-electron chi connectivity index (χ2n) is 8.54. The van der Waals surface area contributed by atoms with Crippen molar-refractivity contribution in [3.8, 4) is 0 Å². The molecule has 1 aliphatic heterocycles. The van der Waals surface area contributed by atoms with Gasteiger partial charge in [-0.15, -0.1) is 0 Å². The second-order valence-corrected chi connectivity index (χ2v) is 8.54. The third-order valence-corrected chi connectivity index (χ3v) is 6.31. The minimum absolute atomic E-state index is 0.122. The van der Waals surface area contributed by atoms with Gasteiger partial charge in [0.1, 0.15) is 11.8 Å². The number of aryl methyl sites for hydroxylation is 1. The van der Waals surface area contributed by atoms with Crippen molar-refractivity contribution in [3.05, 3.63) is 65.5 Å². The molecule has 0 bridgehead atoms. The van der Waals surface area contributed by atoms with Crippen LogP contribution in [0.15, 0.2) is 48.8 Å². The molecule has 2 fully saturated rings. The van der Waals surface area contributed by atoms with Gasteiger partial charge in [-0.3, -0.25) is 19.5 Å². The molecule has 1 N–H and O–H groups in total. The van der Waals surface area contributed by atoms with Crippen LogP contribution in [-0.4, -0.2) is 40.1 Å². The molecule has 1 spiro atoms. The minimum atomic E-state index is -0.699. The van der Waals surface area contributed by atoms with Crippen LogP contribution in [0.2, 0.25) is 0 Å². The summed E-state index contributed by atoms with van der Waals surface area (Å²) in [4.78, 5) is 32.6. The van der Waals surface area contributed by atoms with Gasteiger partial charge in [-0.2, -0.15) is 0 Å². The van der Waals surface area contributed by atoms with Gasteiger partial charge in [0.15, 0.2) is 0 Å². The normalized spacial score (nSPS) is 26.0. The number of rotatable bonds is 4. The van der Waals surface area contributed by atoms with Gasteiger partial charge in [-0.1, -0.05) is 31.5 Å². The van der Waals surface area contributed by atoms with Gasteiger partial charge in [-0.25, -0.2) is 0 Å². The summed E-state index contributed by atoms with van der Waals surface area (Å²) in [5.41, 5.74) is 1.81. The number of aromatic nitrogens is 1. The van der Waals surface area contributed by atoms with Crippen molar-refractivity contribution >= 4 is 11.8 Å². The Bertz CT molecular complexity index is 917. The Morgan fingerprint density at radius 1 is 1.23 bits per heavy atom. The van der Waals surface area contributed by atoms with Crippen LogP contribution in [0.25, 0.3) is 0 Å². The number of benzene rings is 1. The van der Waals surface area contributed by atoms with Crippen LogP contribution >= 0.6 is 0 Å². The first kappa shape index (κ1) is 20.5. The first-order valence-corrected chi connectivity index (χ1v) is 10.7. The van der Waals surface area contributed by atoms with E-state index in [9.17, 15) is 9.59 Å². The summed E-state index contributed by atoms with van der Waals surface area (Å²) >= 11 is 0. The Labute approximate surface area is 177 Å². The predicted molar refractivity (Wildman–Crippen MR) is 114 cm³/mol.